The molecule has 0 saturated carbocycles. The summed E-state index contributed by atoms with van der Waals surface area (Å²) in [5, 5.41) is 8.45. The van der Waals surface area contributed by atoms with Crippen LogP contribution in [0.1, 0.15) is 23.2 Å². The highest BCUT2D eigenvalue weighted by atomic mass is 19.1. The number of carboxylic acids is 1. The van der Waals surface area contributed by atoms with E-state index in [2.05, 4.69) is 0 Å². The van der Waals surface area contributed by atoms with E-state index in [1.165, 1.54) is 11.9 Å². The number of halogens is 2. The van der Waals surface area contributed by atoms with Crippen LogP contribution in [0.4, 0.5) is 8.78 Å². The van der Waals surface area contributed by atoms with E-state index >= 15 is 0 Å². The Labute approximate surface area is 103 Å². The molecule has 0 aliphatic carbocycles. The zero-order valence-electron chi connectivity index (χ0n) is 9.82. The Morgan fingerprint density at radius 2 is 2.00 bits per heavy atom. The molecule has 0 aliphatic heterocycles. The van der Waals surface area contributed by atoms with Gasteiger partial charge in [-0.05, 0) is 18.6 Å². The smallest absolute Gasteiger partial charge is 0.303 e. The Hall–Kier alpha value is -1.98. The van der Waals surface area contributed by atoms with Crippen LogP contribution in [-0.2, 0) is 4.79 Å². The van der Waals surface area contributed by atoms with Crippen LogP contribution in [-0.4, -0.2) is 35.5 Å². The van der Waals surface area contributed by atoms with Gasteiger partial charge >= 0.3 is 5.97 Å². The maximum Gasteiger partial charge on any atom is 0.303 e. The number of hydrogen-bond acceptors (Lipinski definition) is 2. The average Bonchev–Trinajstić information content (AvgIpc) is 2.27. The largest absolute Gasteiger partial charge is 0.481 e. The number of aliphatic carboxylic acids is 1. The number of amides is 1. The first kappa shape index (κ1) is 14.1. The minimum absolute atomic E-state index is 0.0660. The lowest BCUT2D eigenvalue weighted by Crippen LogP contribution is -2.28. The number of nitrogens with zero attached hydrogens (tertiary/aromatic N) is 1. The van der Waals surface area contributed by atoms with Crippen molar-refractivity contribution in [2.45, 2.75) is 12.8 Å². The Morgan fingerprint density at radius 1 is 1.33 bits per heavy atom. The second-order valence-corrected chi connectivity index (χ2v) is 3.85. The van der Waals surface area contributed by atoms with Gasteiger partial charge in [-0.15, -0.1) is 0 Å². The van der Waals surface area contributed by atoms with Gasteiger partial charge in [0.15, 0.2) is 0 Å². The summed E-state index contributed by atoms with van der Waals surface area (Å²) in [5.41, 5.74) is -0.228. The average molecular weight is 257 g/mol. The molecule has 0 fully saturated rings. The summed E-state index contributed by atoms with van der Waals surface area (Å²) in [7, 11) is 1.44. The molecule has 0 heterocycles. The van der Waals surface area contributed by atoms with Crippen LogP contribution in [0.15, 0.2) is 18.2 Å². The van der Waals surface area contributed by atoms with Crippen molar-refractivity contribution in [1.82, 2.24) is 4.90 Å². The van der Waals surface area contributed by atoms with Crippen LogP contribution >= 0.6 is 0 Å². The van der Waals surface area contributed by atoms with Crippen LogP contribution in [0.25, 0.3) is 0 Å². The van der Waals surface area contributed by atoms with Gasteiger partial charge in [0.1, 0.15) is 11.6 Å². The van der Waals surface area contributed by atoms with Gasteiger partial charge in [-0.2, -0.15) is 0 Å². The highest BCUT2D eigenvalue weighted by Gasteiger charge is 2.16. The molecule has 1 amide bonds. The van der Waals surface area contributed by atoms with E-state index in [4.69, 9.17) is 5.11 Å². The van der Waals surface area contributed by atoms with E-state index in [1.54, 1.807) is 0 Å². The van der Waals surface area contributed by atoms with Crippen molar-refractivity contribution in [2.24, 2.45) is 0 Å². The highest BCUT2D eigenvalue weighted by Crippen LogP contribution is 2.12. The van der Waals surface area contributed by atoms with Crippen molar-refractivity contribution < 1.29 is 23.5 Å². The lowest BCUT2D eigenvalue weighted by atomic mass is 10.1. The normalized spacial score (nSPS) is 10.2. The maximum atomic E-state index is 13.3. The monoisotopic (exact) mass is 257 g/mol. The summed E-state index contributed by atoms with van der Waals surface area (Å²) in [6, 6.07) is 2.71. The molecule has 1 rings (SSSR count). The highest BCUT2D eigenvalue weighted by molar-refractivity contribution is 5.94. The zero-order valence-corrected chi connectivity index (χ0v) is 9.82. The molecule has 18 heavy (non-hydrogen) atoms. The summed E-state index contributed by atoms with van der Waals surface area (Å²) in [6.07, 6.45) is 0.212. The number of carbonyl (C=O) groups is 2. The number of benzene rings is 1. The number of hydrogen-bond donors (Lipinski definition) is 1. The first-order valence-corrected chi connectivity index (χ1v) is 5.34. The molecule has 0 unspecified atom stereocenters. The fraction of sp³-hybridized carbons (Fsp3) is 0.333. The van der Waals surface area contributed by atoms with Crippen molar-refractivity contribution in [3.63, 3.8) is 0 Å². The van der Waals surface area contributed by atoms with E-state index in [-0.39, 0.29) is 24.9 Å². The Bertz CT molecular complexity index is 463. The molecule has 6 heteroatoms. The van der Waals surface area contributed by atoms with E-state index in [0.29, 0.717) is 6.07 Å². The molecule has 0 aromatic heterocycles. The summed E-state index contributed by atoms with van der Waals surface area (Å²) < 4.78 is 26.0. The minimum atomic E-state index is -0.955. The van der Waals surface area contributed by atoms with Crippen molar-refractivity contribution in [3.05, 3.63) is 35.4 Å². The van der Waals surface area contributed by atoms with E-state index in [1.807, 2.05) is 0 Å². The second-order valence-electron chi connectivity index (χ2n) is 3.85. The van der Waals surface area contributed by atoms with Crippen molar-refractivity contribution in [2.75, 3.05) is 13.6 Å². The predicted molar refractivity (Wildman–Crippen MR) is 60.2 cm³/mol. The Kier molecular flexibility index (Phi) is 4.76. The van der Waals surface area contributed by atoms with Gasteiger partial charge in [-0.1, -0.05) is 0 Å². The first-order chi connectivity index (χ1) is 8.41. The molecule has 0 saturated heterocycles. The SMILES string of the molecule is CN(CCCC(=O)O)C(=O)c1ccc(F)cc1F. The molecular formula is C12H13F2NO3. The summed E-state index contributed by atoms with van der Waals surface area (Å²) in [5.74, 6) is -3.23. The fourth-order valence-electron chi connectivity index (χ4n) is 1.44. The molecule has 1 aromatic rings. The van der Waals surface area contributed by atoms with Crippen LogP contribution in [0.2, 0.25) is 0 Å². The van der Waals surface area contributed by atoms with Gasteiger partial charge in [0.05, 0.1) is 5.56 Å². The van der Waals surface area contributed by atoms with Crippen molar-refractivity contribution in [1.29, 1.82) is 0 Å². The van der Waals surface area contributed by atoms with Gasteiger partial charge in [0.2, 0.25) is 0 Å². The molecule has 4 nitrogen and oxygen atoms in total. The zero-order chi connectivity index (χ0) is 13.7. The molecule has 0 bridgehead atoms. The van der Waals surface area contributed by atoms with Gasteiger partial charge < -0.3 is 10.0 Å². The van der Waals surface area contributed by atoms with E-state index < -0.39 is 23.5 Å². The molecule has 0 aliphatic rings. The third kappa shape index (κ3) is 3.80. The first-order valence-electron chi connectivity index (χ1n) is 5.34. The molecular weight excluding hydrogens is 244 g/mol. The topological polar surface area (TPSA) is 57.6 Å². The standard InChI is InChI=1S/C12H13F2NO3/c1-15(6-2-3-11(16)17)12(18)9-5-4-8(13)7-10(9)14/h4-5,7H,2-3,6H2,1H3,(H,16,17). The molecule has 1 N–H and O–H groups in total. The van der Waals surface area contributed by atoms with Crippen molar-refractivity contribution in [3.8, 4) is 0 Å². The van der Waals surface area contributed by atoms with Gasteiger partial charge in [0.25, 0.3) is 5.91 Å². The summed E-state index contributed by atoms with van der Waals surface area (Å²) in [6.45, 7) is 0.196. The molecule has 0 atom stereocenters. The molecule has 0 radical (unpaired) electrons. The van der Waals surface area contributed by atoms with Gasteiger partial charge in [0, 0.05) is 26.1 Å². The third-order valence-corrected chi connectivity index (χ3v) is 2.39. The Morgan fingerprint density at radius 3 is 2.56 bits per heavy atom. The predicted octanol–water partition coefficient (Wildman–Crippen LogP) is 1.90. The fourth-order valence-corrected chi connectivity index (χ4v) is 1.44. The van der Waals surface area contributed by atoms with Crippen LogP contribution in [0.3, 0.4) is 0 Å². The number of carboxylic acid groups (broad SMARTS) is 1. The Balaban J connectivity index is 2.65. The van der Waals surface area contributed by atoms with Gasteiger partial charge in [-0.3, -0.25) is 9.59 Å². The number of carbonyl (C=O) groups excluding carboxylic acids is 1. The molecule has 0 spiro atoms. The quantitative estimate of drug-likeness (QED) is 0.876. The van der Waals surface area contributed by atoms with Crippen LogP contribution in [0.5, 0.6) is 0 Å². The summed E-state index contributed by atoms with van der Waals surface area (Å²) in [4.78, 5) is 23.3. The lowest BCUT2D eigenvalue weighted by molar-refractivity contribution is -0.137. The lowest BCUT2D eigenvalue weighted by Gasteiger charge is -2.16. The van der Waals surface area contributed by atoms with Crippen LogP contribution < -0.4 is 0 Å². The van der Waals surface area contributed by atoms with E-state index in [9.17, 15) is 18.4 Å². The summed E-state index contributed by atoms with van der Waals surface area (Å²) >= 11 is 0. The van der Waals surface area contributed by atoms with Crippen molar-refractivity contribution >= 4 is 11.9 Å². The van der Waals surface area contributed by atoms with E-state index in [0.717, 1.165) is 12.1 Å². The molecule has 1 aromatic carbocycles. The van der Waals surface area contributed by atoms with Crippen LogP contribution in [0, 0.1) is 11.6 Å². The maximum absolute atomic E-state index is 13.3. The number of rotatable bonds is 5. The third-order valence-electron chi connectivity index (χ3n) is 2.39. The van der Waals surface area contributed by atoms with Gasteiger partial charge in [-0.25, -0.2) is 8.78 Å². The molecule has 98 valence electrons. The second kappa shape index (κ2) is 6.09. The minimum Gasteiger partial charge on any atom is -0.481 e.